The summed E-state index contributed by atoms with van der Waals surface area (Å²) in [7, 11) is 0. The summed E-state index contributed by atoms with van der Waals surface area (Å²) >= 11 is 3.29. The third kappa shape index (κ3) is 2.78. The van der Waals surface area contributed by atoms with Crippen LogP contribution in [0.4, 0.5) is 0 Å². The van der Waals surface area contributed by atoms with Crippen LogP contribution < -0.4 is 5.73 Å². The Labute approximate surface area is 87.7 Å². The van der Waals surface area contributed by atoms with E-state index in [2.05, 4.69) is 41.7 Å². The molecule has 13 heavy (non-hydrogen) atoms. The number of halogens is 1. The number of rotatable bonds is 1. The zero-order chi connectivity index (χ0) is 10.1. The van der Waals surface area contributed by atoms with E-state index in [1.807, 2.05) is 18.3 Å². The van der Waals surface area contributed by atoms with Crippen LogP contribution in [0.3, 0.4) is 0 Å². The molecule has 0 spiro atoms. The Morgan fingerprint density at radius 3 is 2.38 bits per heavy atom. The first-order valence-corrected chi connectivity index (χ1v) is 5.07. The van der Waals surface area contributed by atoms with Crippen molar-refractivity contribution < 1.29 is 0 Å². The summed E-state index contributed by atoms with van der Waals surface area (Å²) < 4.78 is 0.845. The van der Waals surface area contributed by atoms with Gasteiger partial charge in [-0.25, -0.2) is 4.98 Å². The van der Waals surface area contributed by atoms with E-state index in [1.165, 1.54) is 0 Å². The molecule has 1 heterocycles. The first-order chi connectivity index (χ1) is 5.91. The fourth-order valence-corrected chi connectivity index (χ4v) is 1.31. The van der Waals surface area contributed by atoms with Gasteiger partial charge in [0.05, 0.1) is 0 Å². The van der Waals surface area contributed by atoms with Gasteiger partial charge in [0.1, 0.15) is 4.60 Å². The SMILES string of the molecule is CC(C)(C)[C@@H](N)c1ccc(Br)nc1. The quantitative estimate of drug-likeness (QED) is 0.770. The summed E-state index contributed by atoms with van der Waals surface area (Å²) in [5.74, 6) is 0. The number of pyridine rings is 1. The predicted octanol–water partition coefficient (Wildman–Crippen LogP) is 2.89. The van der Waals surface area contributed by atoms with E-state index in [4.69, 9.17) is 5.73 Å². The second-order valence-electron chi connectivity index (χ2n) is 4.26. The minimum Gasteiger partial charge on any atom is -0.323 e. The van der Waals surface area contributed by atoms with Crippen LogP contribution in [-0.4, -0.2) is 4.98 Å². The van der Waals surface area contributed by atoms with Gasteiger partial charge in [-0.15, -0.1) is 0 Å². The van der Waals surface area contributed by atoms with Gasteiger partial charge < -0.3 is 5.73 Å². The molecule has 0 aliphatic heterocycles. The van der Waals surface area contributed by atoms with Crippen LogP contribution in [0, 0.1) is 5.41 Å². The van der Waals surface area contributed by atoms with E-state index in [1.54, 1.807) is 0 Å². The smallest absolute Gasteiger partial charge is 0.106 e. The Morgan fingerprint density at radius 1 is 1.38 bits per heavy atom. The summed E-state index contributed by atoms with van der Waals surface area (Å²) in [4.78, 5) is 4.15. The Morgan fingerprint density at radius 2 is 2.00 bits per heavy atom. The van der Waals surface area contributed by atoms with Gasteiger partial charge in [-0.05, 0) is 33.0 Å². The predicted molar refractivity (Wildman–Crippen MR) is 58.3 cm³/mol. The van der Waals surface area contributed by atoms with Crippen LogP contribution in [0.1, 0.15) is 32.4 Å². The molecule has 0 radical (unpaired) electrons. The van der Waals surface area contributed by atoms with Crippen molar-refractivity contribution in [3.63, 3.8) is 0 Å². The Kier molecular flexibility index (Phi) is 3.09. The van der Waals surface area contributed by atoms with E-state index < -0.39 is 0 Å². The molecular weight excluding hydrogens is 228 g/mol. The molecule has 3 heteroatoms. The maximum atomic E-state index is 6.07. The first-order valence-electron chi connectivity index (χ1n) is 4.28. The van der Waals surface area contributed by atoms with Gasteiger partial charge in [-0.2, -0.15) is 0 Å². The molecule has 0 amide bonds. The van der Waals surface area contributed by atoms with E-state index in [-0.39, 0.29) is 11.5 Å². The zero-order valence-electron chi connectivity index (χ0n) is 8.21. The Balaban J connectivity index is 2.90. The van der Waals surface area contributed by atoms with Crippen LogP contribution in [0.15, 0.2) is 22.9 Å². The van der Waals surface area contributed by atoms with Crippen molar-refractivity contribution in [2.24, 2.45) is 11.1 Å². The molecule has 1 aromatic rings. The summed E-state index contributed by atoms with van der Waals surface area (Å²) in [6.45, 7) is 6.37. The molecule has 72 valence electrons. The highest BCUT2D eigenvalue weighted by atomic mass is 79.9. The summed E-state index contributed by atoms with van der Waals surface area (Å²) in [6, 6.07) is 3.96. The molecule has 2 nitrogen and oxygen atoms in total. The summed E-state index contributed by atoms with van der Waals surface area (Å²) in [6.07, 6.45) is 1.82. The lowest BCUT2D eigenvalue weighted by Gasteiger charge is -2.27. The van der Waals surface area contributed by atoms with Crippen LogP contribution in [-0.2, 0) is 0 Å². The fourth-order valence-electron chi connectivity index (χ4n) is 1.07. The first kappa shape index (κ1) is 10.7. The highest BCUT2D eigenvalue weighted by Gasteiger charge is 2.22. The third-order valence-electron chi connectivity index (χ3n) is 2.04. The van der Waals surface area contributed by atoms with Crippen molar-refractivity contribution in [1.29, 1.82) is 0 Å². The van der Waals surface area contributed by atoms with Gasteiger partial charge in [-0.3, -0.25) is 0 Å². The normalized spacial score (nSPS) is 14.2. The van der Waals surface area contributed by atoms with E-state index in [9.17, 15) is 0 Å². The van der Waals surface area contributed by atoms with Crippen LogP contribution in [0.5, 0.6) is 0 Å². The van der Waals surface area contributed by atoms with Gasteiger partial charge >= 0.3 is 0 Å². The van der Waals surface area contributed by atoms with Crippen molar-refractivity contribution in [3.05, 3.63) is 28.5 Å². The second-order valence-corrected chi connectivity index (χ2v) is 5.07. The highest BCUT2D eigenvalue weighted by Crippen LogP contribution is 2.30. The van der Waals surface area contributed by atoms with E-state index >= 15 is 0 Å². The van der Waals surface area contributed by atoms with Crippen LogP contribution in [0.25, 0.3) is 0 Å². The lowest BCUT2D eigenvalue weighted by Crippen LogP contribution is -2.26. The average molecular weight is 243 g/mol. The molecule has 0 aliphatic carbocycles. The molecule has 1 rings (SSSR count). The molecule has 0 fully saturated rings. The maximum absolute atomic E-state index is 6.07. The molecule has 1 atom stereocenters. The molecule has 0 saturated carbocycles. The van der Waals surface area contributed by atoms with Crippen molar-refractivity contribution in [2.75, 3.05) is 0 Å². The molecule has 0 saturated heterocycles. The molecule has 2 N–H and O–H groups in total. The topological polar surface area (TPSA) is 38.9 Å². The van der Waals surface area contributed by atoms with Crippen molar-refractivity contribution >= 4 is 15.9 Å². The number of aromatic nitrogens is 1. The van der Waals surface area contributed by atoms with Gasteiger partial charge in [0.2, 0.25) is 0 Å². The molecule has 1 aromatic heterocycles. The summed E-state index contributed by atoms with van der Waals surface area (Å²) in [5.41, 5.74) is 7.23. The lowest BCUT2D eigenvalue weighted by molar-refractivity contribution is 0.326. The largest absolute Gasteiger partial charge is 0.323 e. The highest BCUT2D eigenvalue weighted by molar-refractivity contribution is 9.10. The average Bonchev–Trinajstić information content (AvgIpc) is 2.03. The fraction of sp³-hybridized carbons (Fsp3) is 0.500. The monoisotopic (exact) mass is 242 g/mol. The standard InChI is InChI=1S/C10H15BrN2/c1-10(2,3)9(12)7-4-5-8(11)13-6-7/h4-6,9H,12H2,1-3H3/t9-/m0/s1. The van der Waals surface area contributed by atoms with Gasteiger partial charge in [0, 0.05) is 12.2 Å². The number of hydrogen-bond donors (Lipinski definition) is 1. The number of nitrogens with two attached hydrogens (primary N) is 1. The van der Waals surface area contributed by atoms with E-state index in [0.717, 1.165) is 10.2 Å². The van der Waals surface area contributed by atoms with Gasteiger partial charge in [0.25, 0.3) is 0 Å². The van der Waals surface area contributed by atoms with Gasteiger partial charge in [0.15, 0.2) is 0 Å². The molecule has 0 bridgehead atoms. The Hall–Kier alpha value is -0.410. The van der Waals surface area contributed by atoms with Crippen molar-refractivity contribution in [1.82, 2.24) is 4.98 Å². The third-order valence-corrected chi connectivity index (χ3v) is 2.51. The second kappa shape index (κ2) is 3.76. The lowest BCUT2D eigenvalue weighted by atomic mass is 9.84. The molecular formula is C10H15BrN2. The van der Waals surface area contributed by atoms with Crippen LogP contribution in [0.2, 0.25) is 0 Å². The zero-order valence-corrected chi connectivity index (χ0v) is 9.80. The summed E-state index contributed by atoms with van der Waals surface area (Å²) in [5, 5.41) is 0. The molecule has 0 aliphatic rings. The van der Waals surface area contributed by atoms with E-state index in [0.29, 0.717) is 0 Å². The minimum absolute atomic E-state index is 0.0353. The van der Waals surface area contributed by atoms with Crippen molar-refractivity contribution in [3.8, 4) is 0 Å². The van der Waals surface area contributed by atoms with Gasteiger partial charge in [-0.1, -0.05) is 26.8 Å². The Bertz CT molecular complexity index is 274. The number of hydrogen-bond acceptors (Lipinski definition) is 2. The molecule has 0 unspecified atom stereocenters. The maximum Gasteiger partial charge on any atom is 0.106 e. The number of nitrogens with zero attached hydrogens (tertiary/aromatic N) is 1. The van der Waals surface area contributed by atoms with Crippen molar-refractivity contribution in [2.45, 2.75) is 26.8 Å². The van der Waals surface area contributed by atoms with Crippen LogP contribution >= 0.6 is 15.9 Å². The minimum atomic E-state index is 0.0353. The molecule has 0 aromatic carbocycles.